The van der Waals surface area contributed by atoms with Crippen LogP contribution in [0.25, 0.3) is 0 Å². The topological polar surface area (TPSA) is 51.4 Å². The molecule has 0 aromatic carbocycles. The van der Waals surface area contributed by atoms with Crippen molar-refractivity contribution in [3.63, 3.8) is 0 Å². The first-order chi connectivity index (χ1) is 8.85. The summed E-state index contributed by atoms with van der Waals surface area (Å²) in [6, 6.07) is 3.94. The molecular weight excluding hydrogens is 226 g/mol. The summed E-state index contributed by atoms with van der Waals surface area (Å²) in [7, 11) is 0. The van der Waals surface area contributed by atoms with Gasteiger partial charge in [-0.15, -0.1) is 0 Å². The van der Waals surface area contributed by atoms with Crippen LogP contribution in [-0.2, 0) is 0 Å². The molecule has 0 saturated carbocycles. The van der Waals surface area contributed by atoms with Crippen LogP contribution in [0.4, 0.5) is 5.82 Å². The highest BCUT2D eigenvalue weighted by atomic mass is 16.5. The molecular formula is C14H23N3O. The molecule has 0 radical (unpaired) electrons. The van der Waals surface area contributed by atoms with Crippen LogP contribution >= 0.6 is 0 Å². The normalized spacial score (nSPS) is 16.9. The first kappa shape index (κ1) is 13.1. The van der Waals surface area contributed by atoms with Gasteiger partial charge in [-0.2, -0.15) is 0 Å². The van der Waals surface area contributed by atoms with Gasteiger partial charge < -0.3 is 15.4 Å². The van der Waals surface area contributed by atoms with Crippen LogP contribution in [0.2, 0.25) is 0 Å². The predicted molar refractivity (Wildman–Crippen MR) is 74.0 cm³/mol. The number of hydrogen-bond acceptors (Lipinski definition) is 4. The van der Waals surface area contributed by atoms with Crippen LogP contribution in [0.1, 0.15) is 26.2 Å². The maximum Gasteiger partial charge on any atom is 0.171 e. The van der Waals surface area contributed by atoms with E-state index in [4.69, 9.17) is 10.5 Å². The van der Waals surface area contributed by atoms with Gasteiger partial charge in [0, 0.05) is 19.3 Å². The zero-order valence-corrected chi connectivity index (χ0v) is 11.1. The standard InChI is InChI=1S/C14H23N3O/c1-2-10-18-13-4-3-7-16-14(13)17-8-5-12(11-15)6-9-17/h3-4,7,12H,2,5-6,8-11,15H2,1H3. The van der Waals surface area contributed by atoms with Gasteiger partial charge in [0.25, 0.3) is 0 Å². The lowest BCUT2D eigenvalue weighted by Crippen LogP contribution is -2.36. The summed E-state index contributed by atoms with van der Waals surface area (Å²) in [4.78, 5) is 6.79. The fraction of sp³-hybridized carbons (Fsp3) is 0.643. The Morgan fingerprint density at radius 1 is 1.44 bits per heavy atom. The van der Waals surface area contributed by atoms with E-state index in [0.717, 1.165) is 57.1 Å². The van der Waals surface area contributed by atoms with Crippen LogP contribution in [0.5, 0.6) is 5.75 Å². The minimum Gasteiger partial charge on any atom is -0.490 e. The van der Waals surface area contributed by atoms with Crippen LogP contribution in [0, 0.1) is 5.92 Å². The Balaban J connectivity index is 2.03. The summed E-state index contributed by atoms with van der Waals surface area (Å²) in [5, 5.41) is 0. The summed E-state index contributed by atoms with van der Waals surface area (Å²) in [5.74, 6) is 2.57. The monoisotopic (exact) mass is 249 g/mol. The van der Waals surface area contributed by atoms with Crippen molar-refractivity contribution in [1.82, 2.24) is 4.98 Å². The first-order valence-electron chi connectivity index (χ1n) is 6.88. The third kappa shape index (κ3) is 3.13. The number of piperidine rings is 1. The van der Waals surface area contributed by atoms with Gasteiger partial charge in [-0.1, -0.05) is 6.92 Å². The van der Waals surface area contributed by atoms with E-state index in [0.29, 0.717) is 5.92 Å². The minimum atomic E-state index is 0.671. The summed E-state index contributed by atoms with van der Waals surface area (Å²) >= 11 is 0. The van der Waals surface area contributed by atoms with E-state index in [-0.39, 0.29) is 0 Å². The number of pyridine rings is 1. The van der Waals surface area contributed by atoms with Gasteiger partial charge in [0.05, 0.1) is 6.61 Å². The Hall–Kier alpha value is -1.29. The van der Waals surface area contributed by atoms with Crippen molar-refractivity contribution < 1.29 is 4.74 Å². The van der Waals surface area contributed by atoms with Crippen molar-refractivity contribution in [2.75, 3.05) is 31.1 Å². The molecule has 0 atom stereocenters. The van der Waals surface area contributed by atoms with E-state index in [1.165, 1.54) is 0 Å². The average molecular weight is 249 g/mol. The molecule has 1 aliphatic rings. The molecule has 0 amide bonds. The van der Waals surface area contributed by atoms with Crippen LogP contribution in [0.3, 0.4) is 0 Å². The summed E-state index contributed by atoms with van der Waals surface area (Å²) in [6.07, 6.45) is 5.16. The predicted octanol–water partition coefficient (Wildman–Crippen LogP) is 2.05. The number of nitrogens with two attached hydrogens (primary N) is 1. The molecule has 100 valence electrons. The second-order valence-corrected chi connectivity index (χ2v) is 4.84. The molecule has 2 N–H and O–H groups in total. The number of aromatic nitrogens is 1. The maximum absolute atomic E-state index is 5.76. The van der Waals surface area contributed by atoms with E-state index in [1.54, 1.807) is 0 Å². The molecule has 4 nitrogen and oxygen atoms in total. The van der Waals surface area contributed by atoms with Crippen molar-refractivity contribution in [3.05, 3.63) is 18.3 Å². The fourth-order valence-corrected chi connectivity index (χ4v) is 2.32. The van der Waals surface area contributed by atoms with Gasteiger partial charge in [-0.25, -0.2) is 4.98 Å². The second-order valence-electron chi connectivity index (χ2n) is 4.84. The van der Waals surface area contributed by atoms with Gasteiger partial charge >= 0.3 is 0 Å². The minimum absolute atomic E-state index is 0.671. The molecule has 0 spiro atoms. The molecule has 1 aromatic heterocycles. The van der Waals surface area contributed by atoms with Gasteiger partial charge in [0.15, 0.2) is 11.6 Å². The molecule has 0 bridgehead atoms. The van der Waals surface area contributed by atoms with Crippen LogP contribution in [-0.4, -0.2) is 31.2 Å². The highest BCUT2D eigenvalue weighted by Gasteiger charge is 2.21. The molecule has 1 aliphatic heterocycles. The summed E-state index contributed by atoms with van der Waals surface area (Å²) in [5.41, 5.74) is 5.72. The van der Waals surface area contributed by atoms with E-state index in [1.807, 2.05) is 18.3 Å². The van der Waals surface area contributed by atoms with Crippen molar-refractivity contribution in [3.8, 4) is 5.75 Å². The average Bonchev–Trinajstić information content (AvgIpc) is 2.45. The van der Waals surface area contributed by atoms with Crippen molar-refractivity contribution in [2.24, 2.45) is 11.7 Å². The molecule has 1 saturated heterocycles. The molecule has 0 aliphatic carbocycles. The summed E-state index contributed by atoms with van der Waals surface area (Å²) < 4.78 is 5.76. The Labute approximate surface area is 109 Å². The lowest BCUT2D eigenvalue weighted by Gasteiger charge is -2.33. The largest absolute Gasteiger partial charge is 0.490 e. The number of anilines is 1. The van der Waals surface area contributed by atoms with E-state index in [9.17, 15) is 0 Å². The lowest BCUT2D eigenvalue weighted by atomic mass is 9.97. The van der Waals surface area contributed by atoms with E-state index in [2.05, 4.69) is 16.8 Å². The van der Waals surface area contributed by atoms with E-state index >= 15 is 0 Å². The quantitative estimate of drug-likeness (QED) is 0.867. The first-order valence-corrected chi connectivity index (χ1v) is 6.88. The fourth-order valence-electron chi connectivity index (χ4n) is 2.32. The third-order valence-electron chi connectivity index (χ3n) is 3.46. The Morgan fingerprint density at radius 3 is 2.89 bits per heavy atom. The molecule has 2 rings (SSSR count). The van der Waals surface area contributed by atoms with E-state index < -0.39 is 0 Å². The number of nitrogens with zero attached hydrogens (tertiary/aromatic N) is 2. The van der Waals surface area contributed by atoms with Crippen molar-refractivity contribution >= 4 is 5.82 Å². The Morgan fingerprint density at radius 2 is 2.22 bits per heavy atom. The lowest BCUT2D eigenvalue weighted by molar-refractivity contribution is 0.314. The smallest absolute Gasteiger partial charge is 0.171 e. The summed E-state index contributed by atoms with van der Waals surface area (Å²) in [6.45, 7) is 5.72. The van der Waals surface area contributed by atoms with Gasteiger partial charge in [-0.3, -0.25) is 0 Å². The number of hydrogen-bond donors (Lipinski definition) is 1. The second kappa shape index (κ2) is 6.59. The SMILES string of the molecule is CCCOc1cccnc1N1CCC(CN)CC1. The highest BCUT2D eigenvalue weighted by molar-refractivity contribution is 5.52. The molecule has 1 aromatic rings. The Kier molecular flexibility index (Phi) is 4.81. The van der Waals surface area contributed by atoms with Gasteiger partial charge in [0.1, 0.15) is 0 Å². The molecule has 2 heterocycles. The van der Waals surface area contributed by atoms with Crippen LogP contribution in [0.15, 0.2) is 18.3 Å². The maximum atomic E-state index is 5.76. The molecule has 4 heteroatoms. The zero-order chi connectivity index (χ0) is 12.8. The van der Waals surface area contributed by atoms with Crippen molar-refractivity contribution in [1.29, 1.82) is 0 Å². The highest BCUT2D eigenvalue weighted by Crippen LogP contribution is 2.29. The van der Waals surface area contributed by atoms with Gasteiger partial charge in [-0.05, 0) is 43.9 Å². The number of rotatable bonds is 5. The third-order valence-corrected chi connectivity index (χ3v) is 3.46. The number of ether oxygens (including phenoxy) is 1. The van der Waals surface area contributed by atoms with Crippen LogP contribution < -0.4 is 15.4 Å². The van der Waals surface area contributed by atoms with Gasteiger partial charge in [0.2, 0.25) is 0 Å². The molecule has 0 unspecified atom stereocenters. The van der Waals surface area contributed by atoms with Crippen molar-refractivity contribution in [2.45, 2.75) is 26.2 Å². The molecule has 1 fully saturated rings. The zero-order valence-electron chi connectivity index (χ0n) is 11.1. The Bertz CT molecular complexity index is 362. The molecule has 18 heavy (non-hydrogen) atoms.